The first kappa shape index (κ1) is 11.5. The van der Waals surface area contributed by atoms with E-state index in [2.05, 4.69) is 5.32 Å². The molecular weight excluding hydrogens is 193 g/mol. The molecule has 1 unspecified atom stereocenters. The van der Waals surface area contributed by atoms with E-state index in [0.29, 0.717) is 17.8 Å². The Morgan fingerprint density at radius 1 is 1.60 bits per heavy atom. The SMILES string of the molecule is CCC(N)CNc1ccc(C#N)cc1F. The van der Waals surface area contributed by atoms with Gasteiger partial charge in [0.05, 0.1) is 17.3 Å². The molecule has 80 valence electrons. The fraction of sp³-hybridized carbons (Fsp3) is 0.364. The van der Waals surface area contributed by atoms with Crippen LogP contribution >= 0.6 is 0 Å². The Hall–Kier alpha value is -1.60. The van der Waals surface area contributed by atoms with Crippen LogP contribution in [0.5, 0.6) is 0 Å². The molecule has 0 fully saturated rings. The summed E-state index contributed by atoms with van der Waals surface area (Å²) in [5.74, 6) is -0.419. The summed E-state index contributed by atoms with van der Waals surface area (Å²) in [4.78, 5) is 0. The monoisotopic (exact) mass is 207 g/mol. The van der Waals surface area contributed by atoms with Gasteiger partial charge in [0, 0.05) is 12.6 Å². The first-order valence-electron chi connectivity index (χ1n) is 4.86. The van der Waals surface area contributed by atoms with Gasteiger partial charge in [0.25, 0.3) is 0 Å². The molecule has 3 nitrogen and oxygen atoms in total. The molecule has 0 amide bonds. The van der Waals surface area contributed by atoms with E-state index in [1.807, 2.05) is 13.0 Å². The standard InChI is InChI=1S/C11H14FN3/c1-2-9(14)7-15-11-4-3-8(6-13)5-10(11)12/h3-5,9,15H,2,7,14H2,1H3. The van der Waals surface area contributed by atoms with E-state index in [1.54, 1.807) is 12.1 Å². The van der Waals surface area contributed by atoms with Crippen molar-refractivity contribution < 1.29 is 4.39 Å². The summed E-state index contributed by atoms with van der Waals surface area (Å²) in [6.45, 7) is 2.50. The van der Waals surface area contributed by atoms with E-state index in [-0.39, 0.29) is 6.04 Å². The van der Waals surface area contributed by atoms with Crippen LogP contribution in [0.15, 0.2) is 18.2 Å². The molecule has 0 aromatic heterocycles. The Bertz CT molecular complexity index is 371. The molecule has 0 aliphatic heterocycles. The number of rotatable bonds is 4. The average molecular weight is 207 g/mol. The van der Waals surface area contributed by atoms with Gasteiger partial charge in [-0.3, -0.25) is 0 Å². The molecule has 0 bridgehead atoms. The molecule has 0 spiro atoms. The van der Waals surface area contributed by atoms with Gasteiger partial charge in [0.2, 0.25) is 0 Å². The molecule has 0 aliphatic rings. The molecule has 15 heavy (non-hydrogen) atoms. The predicted molar refractivity (Wildman–Crippen MR) is 57.9 cm³/mol. The van der Waals surface area contributed by atoms with Crippen LogP contribution in [-0.4, -0.2) is 12.6 Å². The maximum atomic E-state index is 13.3. The topological polar surface area (TPSA) is 61.8 Å². The highest BCUT2D eigenvalue weighted by Gasteiger charge is 2.04. The predicted octanol–water partition coefficient (Wildman–Crippen LogP) is 1.85. The average Bonchev–Trinajstić information content (AvgIpc) is 2.26. The van der Waals surface area contributed by atoms with Gasteiger partial charge >= 0.3 is 0 Å². The largest absolute Gasteiger partial charge is 0.381 e. The Balaban J connectivity index is 2.67. The summed E-state index contributed by atoms with van der Waals surface area (Å²) in [6.07, 6.45) is 0.838. The summed E-state index contributed by atoms with van der Waals surface area (Å²) in [5, 5.41) is 11.5. The fourth-order valence-corrected chi connectivity index (χ4v) is 1.11. The van der Waals surface area contributed by atoms with Gasteiger partial charge in [0.1, 0.15) is 5.82 Å². The highest BCUT2D eigenvalue weighted by Crippen LogP contribution is 2.15. The van der Waals surface area contributed by atoms with Gasteiger partial charge in [0.15, 0.2) is 0 Å². The number of benzene rings is 1. The molecule has 1 rings (SSSR count). The van der Waals surface area contributed by atoms with Gasteiger partial charge in [-0.25, -0.2) is 4.39 Å². The molecule has 4 heteroatoms. The number of nitrogens with zero attached hydrogens (tertiary/aromatic N) is 1. The van der Waals surface area contributed by atoms with Crippen molar-refractivity contribution in [2.45, 2.75) is 19.4 Å². The first-order valence-corrected chi connectivity index (χ1v) is 4.86. The lowest BCUT2D eigenvalue weighted by Gasteiger charge is -2.11. The minimum Gasteiger partial charge on any atom is -0.381 e. The Morgan fingerprint density at radius 3 is 2.87 bits per heavy atom. The van der Waals surface area contributed by atoms with E-state index in [9.17, 15) is 4.39 Å². The van der Waals surface area contributed by atoms with Crippen molar-refractivity contribution in [2.24, 2.45) is 5.73 Å². The summed E-state index contributed by atoms with van der Waals surface area (Å²) in [5.41, 5.74) is 6.39. The van der Waals surface area contributed by atoms with Gasteiger partial charge in [-0.1, -0.05) is 6.92 Å². The highest BCUT2D eigenvalue weighted by atomic mass is 19.1. The van der Waals surface area contributed by atoms with Gasteiger partial charge in [-0.05, 0) is 24.6 Å². The number of nitrogens with two attached hydrogens (primary N) is 1. The lowest BCUT2D eigenvalue weighted by Crippen LogP contribution is -2.28. The van der Waals surface area contributed by atoms with Crippen LogP contribution in [0.25, 0.3) is 0 Å². The lowest BCUT2D eigenvalue weighted by molar-refractivity contribution is 0.624. The Morgan fingerprint density at radius 2 is 2.33 bits per heavy atom. The van der Waals surface area contributed by atoms with Crippen LogP contribution < -0.4 is 11.1 Å². The lowest BCUT2D eigenvalue weighted by atomic mass is 10.2. The number of hydrogen-bond acceptors (Lipinski definition) is 3. The van der Waals surface area contributed by atoms with Crippen molar-refractivity contribution in [1.82, 2.24) is 0 Å². The minimum atomic E-state index is -0.419. The number of hydrogen-bond donors (Lipinski definition) is 2. The normalized spacial score (nSPS) is 11.9. The maximum absolute atomic E-state index is 13.3. The third-order valence-corrected chi connectivity index (χ3v) is 2.18. The number of nitrogens with one attached hydrogen (secondary N) is 1. The van der Waals surface area contributed by atoms with E-state index < -0.39 is 5.82 Å². The molecule has 1 aromatic rings. The van der Waals surface area contributed by atoms with Crippen molar-refractivity contribution in [3.05, 3.63) is 29.6 Å². The summed E-state index contributed by atoms with van der Waals surface area (Å²) in [6, 6.07) is 6.22. The molecule has 0 radical (unpaired) electrons. The number of nitriles is 1. The van der Waals surface area contributed by atoms with Crippen LogP contribution in [-0.2, 0) is 0 Å². The third kappa shape index (κ3) is 3.22. The van der Waals surface area contributed by atoms with Gasteiger partial charge < -0.3 is 11.1 Å². The second kappa shape index (κ2) is 5.32. The van der Waals surface area contributed by atoms with E-state index in [1.165, 1.54) is 6.07 Å². The van der Waals surface area contributed by atoms with Crippen LogP contribution in [0.1, 0.15) is 18.9 Å². The van der Waals surface area contributed by atoms with Gasteiger partial charge in [-0.2, -0.15) is 5.26 Å². The zero-order valence-corrected chi connectivity index (χ0v) is 8.63. The second-order valence-electron chi connectivity index (χ2n) is 3.36. The van der Waals surface area contributed by atoms with Crippen LogP contribution in [0.4, 0.5) is 10.1 Å². The van der Waals surface area contributed by atoms with Gasteiger partial charge in [-0.15, -0.1) is 0 Å². The van der Waals surface area contributed by atoms with Crippen molar-refractivity contribution in [3.8, 4) is 6.07 Å². The smallest absolute Gasteiger partial charge is 0.147 e. The van der Waals surface area contributed by atoms with Crippen molar-refractivity contribution in [1.29, 1.82) is 5.26 Å². The Kier molecular flexibility index (Phi) is 4.07. The molecule has 0 heterocycles. The Labute approximate surface area is 88.7 Å². The van der Waals surface area contributed by atoms with Crippen molar-refractivity contribution in [2.75, 3.05) is 11.9 Å². The van der Waals surface area contributed by atoms with E-state index >= 15 is 0 Å². The molecule has 3 N–H and O–H groups in total. The molecule has 1 atom stereocenters. The third-order valence-electron chi connectivity index (χ3n) is 2.18. The highest BCUT2D eigenvalue weighted by molar-refractivity contribution is 5.48. The fourth-order valence-electron chi connectivity index (χ4n) is 1.11. The quantitative estimate of drug-likeness (QED) is 0.792. The van der Waals surface area contributed by atoms with Crippen LogP contribution in [0.2, 0.25) is 0 Å². The second-order valence-corrected chi connectivity index (χ2v) is 3.36. The zero-order chi connectivity index (χ0) is 11.3. The molecule has 1 aromatic carbocycles. The molecule has 0 aliphatic carbocycles. The molecular formula is C11H14FN3. The number of anilines is 1. The van der Waals surface area contributed by atoms with Crippen molar-refractivity contribution in [3.63, 3.8) is 0 Å². The number of halogens is 1. The maximum Gasteiger partial charge on any atom is 0.147 e. The first-order chi connectivity index (χ1) is 7.17. The summed E-state index contributed by atoms with van der Waals surface area (Å²) < 4.78 is 13.3. The van der Waals surface area contributed by atoms with Crippen LogP contribution in [0.3, 0.4) is 0 Å². The van der Waals surface area contributed by atoms with Crippen LogP contribution in [0, 0.1) is 17.1 Å². The summed E-state index contributed by atoms with van der Waals surface area (Å²) >= 11 is 0. The minimum absolute atomic E-state index is 0.0139. The zero-order valence-electron chi connectivity index (χ0n) is 8.63. The summed E-state index contributed by atoms with van der Waals surface area (Å²) in [7, 11) is 0. The van der Waals surface area contributed by atoms with E-state index in [4.69, 9.17) is 11.0 Å². The molecule has 0 saturated carbocycles. The molecule has 0 saturated heterocycles. The van der Waals surface area contributed by atoms with E-state index in [0.717, 1.165) is 6.42 Å². The van der Waals surface area contributed by atoms with Crippen molar-refractivity contribution >= 4 is 5.69 Å².